The standard InChI is InChI=1S/C12H14N2O/c1-2-7-14(6-1)8-10-4-3-5-11-12(10)15-9-13-11/h3-5,9H,1-2,6-8H2. The van der Waals surface area contributed by atoms with Gasteiger partial charge in [-0.15, -0.1) is 0 Å². The van der Waals surface area contributed by atoms with E-state index >= 15 is 0 Å². The van der Waals surface area contributed by atoms with E-state index in [1.807, 2.05) is 6.07 Å². The zero-order valence-electron chi connectivity index (χ0n) is 8.65. The molecule has 15 heavy (non-hydrogen) atoms. The number of fused-ring (bicyclic) bond motifs is 1. The summed E-state index contributed by atoms with van der Waals surface area (Å²) in [5.41, 5.74) is 3.17. The Labute approximate surface area is 88.7 Å². The molecule has 0 atom stereocenters. The van der Waals surface area contributed by atoms with E-state index in [1.54, 1.807) is 0 Å². The van der Waals surface area contributed by atoms with E-state index in [0.717, 1.165) is 17.6 Å². The van der Waals surface area contributed by atoms with Crippen molar-refractivity contribution in [1.29, 1.82) is 0 Å². The summed E-state index contributed by atoms with van der Waals surface area (Å²) >= 11 is 0. The molecule has 0 bridgehead atoms. The summed E-state index contributed by atoms with van der Waals surface area (Å²) in [6.07, 6.45) is 4.18. The van der Waals surface area contributed by atoms with Gasteiger partial charge in [-0.25, -0.2) is 4.98 Å². The molecule has 0 spiro atoms. The smallest absolute Gasteiger partial charge is 0.181 e. The van der Waals surface area contributed by atoms with Gasteiger partial charge in [-0.3, -0.25) is 4.90 Å². The van der Waals surface area contributed by atoms with E-state index in [1.165, 1.54) is 37.9 Å². The lowest BCUT2D eigenvalue weighted by Gasteiger charge is -2.14. The van der Waals surface area contributed by atoms with Gasteiger partial charge in [0.05, 0.1) is 0 Å². The zero-order valence-corrected chi connectivity index (χ0v) is 8.65. The SMILES string of the molecule is c1cc(CN2CCCC2)c2ocnc2c1. The minimum absolute atomic E-state index is 0.949. The molecule has 1 fully saturated rings. The van der Waals surface area contributed by atoms with Crippen LogP contribution in [0.4, 0.5) is 0 Å². The fourth-order valence-corrected chi connectivity index (χ4v) is 2.25. The summed E-state index contributed by atoms with van der Waals surface area (Å²) in [4.78, 5) is 6.64. The molecular weight excluding hydrogens is 188 g/mol. The molecule has 0 radical (unpaired) electrons. The molecular formula is C12H14N2O. The van der Waals surface area contributed by atoms with Crippen LogP contribution in [0, 0.1) is 0 Å². The van der Waals surface area contributed by atoms with Gasteiger partial charge < -0.3 is 4.42 Å². The minimum Gasteiger partial charge on any atom is -0.443 e. The maximum absolute atomic E-state index is 5.42. The second-order valence-corrected chi connectivity index (χ2v) is 4.10. The fourth-order valence-electron chi connectivity index (χ4n) is 2.25. The molecule has 2 heterocycles. The fraction of sp³-hybridized carbons (Fsp3) is 0.417. The first kappa shape index (κ1) is 8.92. The van der Waals surface area contributed by atoms with Gasteiger partial charge in [-0.05, 0) is 32.0 Å². The number of para-hydroxylation sites is 1. The number of aromatic nitrogens is 1. The van der Waals surface area contributed by atoms with Gasteiger partial charge in [0.15, 0.2) is 12.0 Å². The Kier molecular flexibility index (Phi) is 2.18. The van der Waals surface area contributed by atoms with Crippen molar-refractivity contribution in [2.24, 2.45) is 0 Å². The van der Waals surface area contributed by atoms with Gasteiger partial charge in [0, 0.05) is 12.1 Å². The van der Waals surface area contributed by atoms with Crippen LogP contribution in [0.25, 0.3) is 11.1 Å². The molecule has 1 aromatic heterocycles. The molecule has 0 unspecified atom stereocenters. The Balaban J connectivity index is 1.92. The molecule has 78 valence electrons. The largest absolute Gasteiger partial charge is 0.443 e. The summed E-state index contributed by atoms with van der Waals surface area (Å²) in [5.74, 6) is 0. The first-order valence-corrected chi connectivity index (χ1v) is 5.47. The molecule has 0 aliphatic carbocycles. The van der Waals surface area contributed by atoms with Crippen molar-refractivity contribution in [2.45, 2.75) is 19.4 Å². The predicted molar refractivity (Wildman–Crippen MR) is 58.5 cm³/mol. The van der Waals surface area contributed by atoms with Gasteiger partial charge in [0.1, 0.15) is 5.52 Å². The van der Waals surface area contributed by atoms with Crippen LogP contribution in [-0.2, 0) is 6.54 Å². The summed E-state index contributed by atoms with van der Waals surface area (Å²) in [6, 6.07) is 6.18. The van der Waals surface area contributed by atoms with Gasteiger partial charge >= 0.3 is 0 Å². The maximum atomic E-state index is 5.42. The highest BCUT2D eigenvalue weighted by Crippen LogP contribution is 2.20. The molecule has 3 heteroatoms. The molecule has 3 rings (SSSR count). The highest BCUT2D eigenvalue weighted by molar-refractivity contribution is 5.75. The molecule has 0 N–H and O–H groups in total. The average molecular weight is 202 g/mol. The van der Waals surface area contributed by atoms with E-state index in [0.29, 0.717) is 0 Å². The summed E-state index contributed by atoms with van der Waals surface area (Å²) in [6.45, 7) is 3.42. The lowest BCUT2D eigenvalue weighted by Crippen LogP contribution is -2.18. The average Bonchev–Trinajstić information content (AvgIpc) is 2.87. The van der Waals surface area contributed by atoms with Crippen molar-refractivity contribution >= 4 is 11.1 Å². The van der Waals surface area contributed by atoms with Crippen LogP contribution >= 0.6 is 0 Å². The van der Waals surface area contributed by atoms with E-state index in [-0.39, 0.29) is 0 Å². The van der Waals surface area contributed by atoms with Crippen LogP contribution in [0.15, 0.2) is 29.0 Å². The molecule has 1 aliphatic heterocycles. The number of benzene rings is 1. The molecule has 0 amide bonds. The number of hydrogen-bond acceptors (Lipinski definition) is 3. The second kappa shape index (κ2) is 3.66. The summed E-state index contributed by atoms with van der Waals surface area (Å²) < 4.78 is 5.42. The zero-order chi connectivity index (χ0) is 10.1. The van der Waals surface area contributed by atoms with Crippen LogP contribution in [0.3, 0.4) is 0 Å². The minimum atomic E-state index is 0.949. The van der Waals surface area contributed by atoms with E-state index in [9.17, 15) is 0 Å². The summed E-state index contributed by atoms with van der Waals surface area (Å²) in [7, 11) is 0. The highest BCUT2D eigenvalue weighted by atomic mass is 16.3. The Morgan fingerprint density at radius 3 is 3.00 bits per heavy atom. The van der Waals surface area contributed by atoms with Gasteiger partial charge in [-0.1, -0.05) is 12.1 Å². The van der Waals surface area contributed by atoms with Crippen molar-refractivity contribution in [1.82, 2.24) is 9.88 Å². The monoisotopic (exact) mass is 202 g/mol. The molecule has 0 saturated carbocycles. The third-order valence-corrected chi connectivity index (χ3v) is 3.03. The number of rotatable bonds is 2. The van der Waals surface area contributed by atoms with Gasteiger partial charge in [0.2, 0.25) is 0 Å². The topological polar surface area (TPSA) is 29.3 Å². The van der Waals surface area contributed by atoms with Crippen molar-refractivity contribution in [3.63, 3.8) is 0 Å². The maximum Gasteiger partial charge on any atom is 0.181 e. The first-order valence-electron chi connectivity index (χ1n) is 5.47. The predicted octanol–water partition coefficient (Wildman–Crippen LogP) is 2.42. The second-order valence-electron chi connectivity index (χ2n) is 4.10. The first-order chi connectivity index (χ1) is 7.43. The molecule has 3 nitrogen and oxygen atoms in total. The molecule has 1 aromatic carbocycles. The van der Waals surface area contributed by atoms with Gasteiger partial charge in [-0.2, -0.15) is 0 Å². The highest BCUT2D eigenvalue weighted by Gasteiger charge is 2.14. The Hall–Kier alpha value is -1.35. The number of oxazole rings is 1. The van der Waals surface area contributed by atoms with Crippen LogP contribution < -0.4 is 0 Å². The van der Waals surface area contributed by atoms with Crippen LogP contribution in [-0.4, -0.2) is 23.0 Å². The Morgan fingerprint density at radius 2 is 2.13 bits per heavy atom. The Morgan fingerprint density at radius 1 is 1.27 bits per heavy atom. The third-order valence-electron chi connectivity index (χ3n) is 3.03. The van der Waals surface area contributed by atoms with Crippen molar-refractivity contribution in [3.8, 4) is 0 Å². The normalized spacial score (nSPS) is 17.6. The lowest BCUT2D eigenvalue weighted by molar-refractivity contribution is 0.331. The quantitative estimate of drug-likeness (QED) is 0.749. The van der Waals surface area contributed by atoms with Crippen LogP contribution in [0.5, 0.6) is 0 Å². The number of likely N-dealkylation sites (tertiary alicyclic amines) is 1. The molecule has 2 aromatic rings. The number of hydrogen-bond donors (Lipinski definition) is 0. The van der Waals surface area contributed by atoms with Crippen LogP contribution in [0.2, 0.25) is 0 Å². The van der Waals surface area contributed by atoms with E-state index < -0.39 is 0 Å². The lowest BCUT2D eigenvalue weighted by atomic mass is 10.2. The van der Waals surface area contributed by atoms with Gasteiger partial charge in [0.25, 0.3) is 0 Å². The third kappa shape index (κ3) is 1.63. The molecule has 1 aliphatic rings. The molecule has 1 saturated heterocycles. The Bertz CT molecular complexity index is 457. The van der Waals surface area contributed by atoms with Crippen molar-refractivity contribution < 1.29 is 4.42 Å². The number of nitrogens with zero attached hydrogens (tertiary/aromatic N) is 2. The van der Waals surface area contributed by atoms with Crippen LogP contribution in [0.1, 0.15) is 18.4 Å². The van der Waals surface area contributed by atoms with E-state index in [2.05, 4.69) is 22.0 Å². The van der Waals surface area contributed by atoms with E-state index in [4.69, 9.17) is 4.42 Å². The van der Waals surface area contributed by atoms with Crippen molar-refractivity contribution in [2.75, 3.05) is 13.1 Å². The van der Waals surface area contributed by atoms with Crippen molar-refractivity contribution in [3.05, 3.63) is 30.2 Å². The summed E-state index contributed by atoms with van der Waals surface area (Å²) in [5, 5.41) is 0.